The molecule has 0 aliphatic carbocycles. The fourth-order valence-electron chi connectivity index (χ4n) is 3.80. The van der Waals surface area contributed by atoms with Crippen LogP contribution in [-0.4, -0.2) is 37.5 Å². The van der Waals surface area contributed by atoms with E-state index in [0.717, 1.165) is 16.0 Å². The number of aryl methyl sites for hydroxylation is 2. The van der Waals surface area contributed by atoms with E-state index in [-0.39, 0.29) is 39.6 Å². The van der Waals surface area contributed by atoms with Gasteiger partial charge in [0.05, 0.1) is 26.4 Å². The Balaban J connectivity index is 1.56. The van der Waals surface area contributed by atoms with Gasteiger partial charge in [0.1, 0.15) is 5.57 Å². The van der Waals surface area contributed by atoms with Gasteiger partial charge in [-0.2, -0.15) is 0 Å². The molecule has 0 atom stereocenters. The quantitative estimate of drug-likeness (QED) is 0.181. The first-order valence-corrected chi connectivity index (χ1v) is 13.6. The van der Waals surface area contributed by atoms with Crippen molar-refractivity contribution < 1.29 is 28.7 Å². The summed E-state index contributed by atoms with van der Waals surface area (Å²) in [4.78, 5) is 51.6. The number of halogens is 3. The van der Waals surface area contributed by atoms with Crippen LogP contribution in [0.3, 0.4) is 0 Å². The molecule has 0 radical (unpaired) electrons. The molecule has 1 fully saturated rings. The second-order valence-corrected chi connectivity index (χ2v) is 10.7. The van der Waals surface area contributed by atoms with E-state index in [0.29, 0.717) is 20.6 Å². The van der Waals surface area contributed by atoms with Crippen molar-refractivity contribution in [2.45, 2.75) is 13.8 Å². The highest BCUT2D eigenvalue weighted by Gasteiger charge is 2.37. The van der Waals surface area contributed by atoms with Crippen molar-refractivity contribution in [2.24, 2.45) is 0 Å². The number of imide groups is 2. The SMILES string of the molecule is COc1cc(/C=C2/C(=O)NC(=O)N(c3ccc(Cl)c(Cl)c3)C2=O)cc(I)c1OCC(=O)Nc1ccc(C)c(C)c1. The Morgan fingerprint density at radius 2 is 1.77 bits per heavy atom. The Morgan fingerprint density at radius 3 is 2.45 bits per heavy atom. The Morgan fingerprint density at radius 1 is 1.02 bits per heavy atom. The van der Waals surface area contributed by atoms with Gasteiger partial charge in [-0.05, 0) is 102 Å². The van der Waals surface area contributed by atoms with Crippen molar-refractivity contribution >= 4 is 87.0 Å². The average Bonchev–Trinajstić information content (AvgIpc) is 2.89. The lowest BCUT2D eigenvalue weighted by Gasteiger charge is -2.26. The number of amides is 5. The van der Waals surface area contributed by atoms with Gasteiger partial charge in [0.15, 0.2) is 18.1 Å². The number of carbonyl (C=O) groups excluding carboxylic acids is 4. The standard InChI is InChI=1S/C28H22Cl2IN3O6/c1-14-4-5-17(8-15(14)2)32-24(35)13-40-25-22(31)10-16(11-23(25)39-3)9-19-26(36)33-28(38)34(27(19)37)18-6-7-20(29)21(30)12-18/h4-12H,13H2,1-3H3,(H,32,35)(H,33,36,38)/b19-9-. The van der Waals surface area contributed by atoms with Gasteiger partial charge in [0.2, 0.25) is 0 Å². The minimum Gasteiger partial charge on any atom is -0.493 e. The maximum atomic E-state index is 13.2. The lowest BCUT2D eigenvalue weighted by molar-refractivity contribution is -0.122. The van der Waals surface area contributed by atoms with Gasteiger partial charge in [0.25, 0.3) is 17.7 Å². The number of nitrogens with zero attached hydrogens (tertiary/aromatic N) is 1. The van der Waals surface area contributed by atoms with Gasteiger partial charge in [-0.1, -0.05) is 29.3 Å². The van der Waals surface area contributed by atoms with Crippen molar-refractivity contribution in [2.75, 3.05) is 23.9 Å². The molecule has 1 aliphatic rings. The molecule has 2 N–H and O–H groups in total. The van der Waals surface area contributed by atoms with E-state index in [1.165, 1.54) is 31.4 Å². The van der Waals surface area contributed by atoms with Crippen LogP contribution in [0.4, 0.5) is 16.2 Å². The van der Waals surface area contributed by atoms with Crippen LogP contribution in [0.1, 0.15) is 16.7 Å². The molecule has 0 aromatic heterocycles. The summed E-state index contributed by atoms with van der Waals surface area (Å²) in [5.74, 6) is -1.47. The predicted octanol–water partition coefficient (Wildman–Crippen LogP) is 5.91. The summed E-state index contributed by atoms with van der Waals surface area (Å²) >= 11 is 14.0. The van der Waals surface area contributed by atoms with Crippen LogP contribution in [0, 0.1) is 17.4 Å². The van der Waals surface area contributed by atoms with Crippen molar-refractivity contribution in [1.82, 2.24) is 5.32 Å². The van der Waals surface area contributed by atoms with Crippen molar-refractivity contribution in [3.05, 3.63) is 84.4 Å². The Bertz CT molecular complexity index is 1590. The van der Waals surface area contributed by atoms with Gasteiger partial charge in [-0.25, -0.2) is 9.69 Å². The Hall–Kier alpha value is -3.61. The van der Waals surface area contributed by atoms with Gasteiger partial charge < -0.3 is 14.8 Å². The third kappa shape index (κ3) is 6.40. The molecule has 1 saturated heterocycles. The number of urea groups is 1. The molecule has 3 aromatic rings. The second kappa shape index (κ2) is 12.3. The smallest absolute Gasteiger partial charge is 0.335 e. The summed E-state index contributed by atoms with van der Waals surface area (Å²) < 4.78 is 11.8. The van der Waals surface area contributed by atoms with Crippen LogP contribution >= 0.6 is 45.8 Å². The Kier molecular flexibility index (Phi) is 9.02. The van der Waals surface area contributed by atoms with Crippen molar-refractivity contribution in [1.29, 1.82) is 0 Å². The number of rotatable bonds is 7. The third-order valence-corrected chi connectivity index (χ3v) is 7.50. The lowest BCUT2D eigenvalue weighted by Crippen LogP contribution is -2.54. The summed E-state index contributed by atoms with van der Waals surface area (Å²) in [5, 5.41) is 5.33. The van der Waals surface area contributed by atoms with E-state index >= 15 is 0 Å². The van der Waals surface area contributed by atoms with Crippen LogP contribution in [0.25, 0.3) is 6.08 Å². The first-order valence-electron chi connectivity index (χ1n) is 11.7. The topological polar surface area (TPSA) is 114 Å². The zero-order chi connectivity index (χ0) is 29.1. The highest BCUT2D eigenvalue weighted by atomic mass is 127. The molecule has 0 unspecified atom stereocenters. The molecule has 0 saturated carbocycles. The van der Waals surface area contributed by atoms with E-state index in [1.54, 1.807) is 12.1 Å². The highest BCUT2D eigenvalue weighted by molar-refractivity contribution is 14.1. The van der Waals surface area contributed by atoms with Crippen molar-refractivity contribution in [3.63, 3.8) is 0 Å². The molecule has 206 valence electrons. The summed E-state index contributed by atoms with van der Waals surface area (Å²) in [6.45, 7) is 3.67. The fraction of sp³-hybridized carbons (Fsp3) is 0.143. The number of anilines is 2. The molecule has 3 aromatic carbocycles. The molecule has 12 heteroatoms. The third-order valence-electron chi connectivity index (χ3n) is 5.96. The number of nitrogens with one attached hydrogen (secondary N) is 2. The number of carbonyl (C=O) groups is 4. The predicted molar refractivity (Wildman–Crippen MR) is 161 cm³/mol. The maximum absolute atomic E-state index is 13.2. The van der Waals surface area contributed by atoms with Gasteiger partial charge in [0, 0.05) is 5.69 Å². The number of benzene rings is 3. The summed E-state index contributed by atoms with van der Waals surface area (Å²) in [6.07, 6.45) is 1.33. The second-order valence-electron chi connectivity index (χ2n) is 8.73. The fourth-order valence-corrected chi connectivity index (χ4v) is 4.87. The molecular formula is C28H22Cl2IN3O6. The molecular weight excluding hydrogens is 672 g/mol. The van der Waals surface area contributed by atoms with Crippen molar-refractivity contribution in [3.8, 4) is 11.5 Å². The van der Waals surface area contributed by atoms with Crippen LogP contribution in [0.2, 0.25) is 10.0 Å². The number of hydrogen-bond acceptors (Lipinski definition) is 6. The minimum absolute atomic E-state index is 0.139. The summed E-state index contributed by atoms with van der Waals surface area (Å²) in [6, 6.07) is 12.1. The maximum Gasteiger partial charge on any atom is 0.335 e. The van der Waals surface area contributed by atoms with E-state index in [4.69, 9.17) is 32.7 Å². The van der Waals surface area contributed by atoms with Gasteiger partial charge in [-0.15, -0.1) is 0 Å². The molecule has 5 amide bonds. The number of hydrogen-bond donors (Lipinski definition) is 2. The zero-order valence-corrected chi connectivity index (χ0v) is 25.1. The molecule has 0 spiro atoms. The monoisotopic (exact) mass is 693 g/mol. The number of barbiturate groups is 1. The molecule has 0 bridgehead atoms. The zero-order valence-electron chi connectivity index (χ0n) is 21.4. The first-order chi connectivity index (χ1) is 19.0. The highest BCUT2D eigenvalue weighted by Crippen LogP contribution is 2.35. The van der Waals surface area contributed by atoms with E-state index < -0.39 is 17.8 Å². The first kappa shape index (κ1) is 29.4. The van der Waals surface area contributed by atoms with Crippen LogP contribution in [-0.2, 0) is 14.4 Å². The van der Waals surface area contributed by atoms with E-state index in [1.807, 2.05) is 54.6 Å². The normalized spacial score (nSPS) is 14.3. The molecule has 4 rings (SSSR count). The lowest BCUT2D eigenvalue weighted by atomic mass is 10.1. The molecule has 1 heterocycles. The van der Waals surface area contributed by atoms with Gasteiger partial charge in [-0.3, -0.25) is 19.7 Å². The number of methoxy groups -OCH3 is 1. The Labute approximate surface area is 253 Å². The molecule has 1 aliphatic heterocycles. The van der Waals surface area contributed by atoms with Crippen LogP contribution in [0.5, 0.6) is 11.5 Å². The van der Waals surface area contributed by atoms with E-state index in [2.05, 4.69) is 10.6 Å². The average molecular weight is 694 g/mol. The summed E-state index contributed by atoms with van der Waals surface area (Å²) in [7, 11) is 1.42. The minimum atomic E-state index is -0.916. The summed E-state index contributed by atoms with van der Waals surface area (Å²) in [5.41, 5.74) is 3.11. The van der Waals surface area contributed by atoms with Crippen LogP contribution in [0.15, 0.2) is 54.1 Å². The van der Waals surface area contributed by atoms with E-state index in [9.17, 15) is 19.2 Å². The van der Waals surface area contributed by atoms with Crippen LogP contribution < -0.4 is 25.0 Å². The molecule has 40 heavy (non-hydrogen) atoms. The largest absolute Gasteiger partial charge is 0.493 e. The van der Waals surface area contributed by atoms with Gasteiger partial charge >= 0.3 is 6.03 Å². The number of ether oxygens (including phenoxy) is 2. The molecule has 9 nitrogen and oxygen atoms in total.